The van der Waals surface area contributed by atoms with Crippen molar-refractivity contribution in [3.63, 3.8) is 0 Å². The van der Waals surface area contributed by atoms with Gasteiger partial charge in [0.2, 0.25) is 5.88 Å². The largest absolute Gasteiger partial charge is 0.507 e. The first-order valence-electron chi connectivity index (χ1n) is 6.53. The quantitative estimate of drug-likeness (QED) is 0.464. The van der Waals surface area contributed by atoms with Gasteiger partial charge in [-0.05, 0) is 30.7 Å². The number of hydrogen-bond donors (Lipinski definition) is 4. The third-order valence-electron chi connectivity index (χ3n) is 3.17. The molecule has 0 spiro atoms. The lowest BCUT2D eigenvalue weighted by atomic mass is 10.1. The number of hydrazone groups is 1. The Balaban J connectivity index is 2.27. The van der Waals surface area contributed by atoms with Crippen molar-refractivity contribution in [2.24, 2.45) is 5.10 Å². The minimum atomic E-state index is -0.715. The van der Waals surface area contributed by atoms with Crippen LogP contribution >= 0.6 is 15.9 Å². The molecule has 0 atom stereocenters. The first kappa shape index (κ1) is 17.2. The van der Waals surface area contributed by atoms with Crippen LogP contribution in [0, 0.1) is 18.3 Å². The minimum Gasteiger partial charge on any atom is -0.507 e. The number of nitrogens with zero attached hydrogens (tertiary/aromatic N) is 2. The lowest BCUT2D eigenvalue weighted by Crippen LogP contribution is -2.18. The summed E-state index contributed by atoms with van der Waals surface area (Å²) in [7, 11) is 0. The Morgan fingerprint density at radius 3 is 2.83 bits per heavy atom. The fourth-order valence-corrected chi connectivity index (χ4v) is 2.28. The summed E-state index contributed by atoms with van der Waals surface area (Å²) in [4.78, 5) is 25.6. The van der Waals surface area contributed by atoms with E-state index >= 15 is 0 Å². The van der Waals surface area contributed by atoms with Crippen molar-refractivity contribution in [2.45, 2.75) is 6.92 Å². The fourth-order valence-electron chi connectivity index (χ4n) is 1.92. The molecule has 2 aromatic rings. The Labute approximate surface area is 144 Å². The molecule has 0 aliphatic carbocycles. The molecular formula is C15H11BrN4O4. The van der Waals surface area contributed by atoms with Crippen LogP contribution in [-0.2, 0) is 0 Å². The Morgan fingerprint density at radius 2 is 2.17 bits per heavy atom. The molecule has 4 N–H and O–H groups in total. The molecule has 9 heteroatoms. The van der Waals surface area contributed by atoms with Gasteiger partial charge in [0.05, 0.1) is 17.3 Å². The Bertz CT molecular complexity index is 944. The van der Waals surface area contributed by atoms with Gasteiger partial charge >= 0.3 is 0 Å². The van der Waals surface area contributed by atoms with Crippen LogP contribution in [0.3, 0.4) is 0 Å². The second kappa shape index (κ2) is 6.97. The standard InChI is InChI=1S/C15H11BrN4O4/c1-7-10(5-17)13(22)19-14(23)11(7)6-18-20-15(24)9-4-8(16)2-3-12(9)21/h2-4,6,21H,1H3,(H,20,24)(H2,19,22,23)/b18-6+. The molecule has 2 rings (SSSR count). The van der Waals surface area contributed by atoms with Crippen molar-refractivity contribution in [3.8, 4) is 17.7 Å². The maximum Gasteiger partial charge on any atom is 0.275 e. The van der Waals surface area contributed by atoms with Gasteiger partial charge in [-0.2, -0.15) is 10.4 Å². The van der Waals surface area contributed by atoms with Gasteiger partial charge in [-0.15, -0.1) is 0 Å². The number of carbonyl (C=O) groups excluding carboxylic acids is 1. The summed E-state index contributed by atoms with van der Waals surface area (Å²) in [5.41, 5.74) is 1.62. The van der Waals surface area contributed by atoms with Crippen LogP contribution in [0.5, 0.6) is 11.6 Å². The van der Waals surface area contributed by atoms with Crippen molar-refractivity contribution < 1.29 is 15.0 Å². The first-order valence-corrected chi connectivity index (χ1v) is 7.32. The average molecular weight is 391 g/mol. The number of H-pyrrole nitrogens is 1. The molecule has 122 valence electrons. The number of nitriles is 1. The molecule has 1 aromatic heterocycles. The summed E-state index contributed by atoms with van der Waals surface area (Å²) in [6, 6.07) is 6.06. The highest BCUT2D eigenvalue weighted by molar-refractivity contribution is 9.10. The summed E-state index contributed by atoms with van der Waals surface area (Å²) in [6.07, 6.45) is 1.09. The lowest BCUT2D eigenvalue weighted by Gasteiger charge is -2.05. The van der Waals surface area contributed by atoms with Crippen LogP contribution in [0.25, 0.3) is 0 Å². The Morgan fingerprint density at radius 1 is 1.46 bits per heavy atom. The van der Waals surface area contributed by atoms with Gasteiger partial charge in [0.15, 0.2) is 0 Å². The zero-order valence-corrected chi connectivity index (χ0v) is 13.9. The number of phenols is 1. The highest BCUT2D eigenvalue weighted by Crippen LogP contribution is 2.21. The number of benzene rings is 1. The van der Waals surface area contributed by atoms with Crippen molar-refractivity contribution in [1.82, 2.24) is 10.4 Å². The molecule has 0 aliphatic rings. The number of aromatic hydroxyl groups is 2. The van der Waals surface area contributed by atoms with Gasteiger partial charge in [0.1, 0.15) is 17.4 Å². The lowest BCUT2D eigenvalue weighted by molar-refractivity contribution is 0.0952. The number of aromatic amines is 1. The third-order valence-corrected chi connectivity index (χ3v) is 3.66. The summed E-state index contributed by atoms with van der Waals surface area (Å²) < 4.78 is 0.599. The van der Waals surface area contributed by atoms with Crippen LogP contribution in [0.1, 0.15) is 27.0 Å². The molecule has 0 aliphatic heterocycles. The summed E-state index contributed by atoms with van der Waals surface area (Å²) >= 11 is 3.18. The van der Waals surface area contributed by atoms with Crippen LogP contribution in [0.4, 0.5) is 0 Å². The number of carbonyl (C=O) groups is 1. The number of aromatic nitrogens is 1. The number of halogens is 1. The van der Waals surface area contributed by atoms with Crippen LogP contribution in [0.15, 0.2) is 32.6 Å². The van der Waals surface area contributed by atoms with E-state index in [9.17, 15) is 19.8 Å². The summed E-state index contributed by atoms with van der Waals surface area (Å²) in [5.74, 6) is -1.37. The molecule has 0 fully saturated rings. The van der Waals surface area contributed by atoms with Gasteiger partial charge in [0, 0.05) is 4.47 Å². The Kier molecular flexibility index (Phi) is 5.01. The van der Waals surface area contributed by atoms with Crippen molar-refractivity contribution in [2.75, 3.05) is 0 Å². The van der Waals surface area contributed by atoms with E-state index < -0.39 is 17.3 Å². The van der Waals surface area contributed by atoms with E-state index in [1.165, 1.54) is 19.1 Å². The van der Waals surface area contributed by atoms with Gasteiger partial charge < -0.3 is 10.2 Å². The van der Waals surface area contributed by atoms with Crippen molar-refractivity contribution >= 4 is 28.1 Å². The maximum absolute atomic E-state index is 12.0. The number of amides is 1. The first-order chi connectivity index (χ1) is 11.3. The second-order valence-electron chi connectivity index (χ2n) is 4.69. The van der Waals surface area contributed by atoms with Gasteiger partial charge in [-0.3, -0.25) is 14.6 Å². The van der Waals surface area contributed by atoms with Gasteiger partial charge in [-0.1, -0.05) is 15.9 Å². The second-order valence-corrected chi connectivity index (χ2v) is 5.60. The van der Waals surface area contributed by atoms with Gasteiger partial charge in [-0.25, -0.2) is 5.43 Å². The topological polar surface area (TPSA) is 139 Å². The monoisotopic (exact) mass is 390 g/mol. The predicted molar refractivity (Wildman–Crippen MR) is 89.0 cm³/mol. The number of phenolic OH excluding ortho intramolecular Hbond substituents is 1. The third kappa shape index (κ3) is 3.44. The summed E-state index contributed by atoms with van der Waals surface area (Å²) in [5, 5.41) is 32.0. The average Bonchev–Trinajstić information content (AvgIpc) is 2.52. The Hall–Kier alpha value is -3.12. The van der Waals surface area contributed by atoms with E-state index in [0.717, 1.165) is 6.21 Å². The molecular weight excluding hydrogens is 380 g/mol. The molecule has 1 aromatic carbocycles. The van der Waals surface area contributed by atoms with E-state index in [2.05, 4.69) is 31.4 Å². The molecule has 1 heterocycles. The van der Waals surface area contributed by atoms with Crippen LogP contribution < -0.4 is 11.0 Å². The number of rotatable bonds is 3. The zero-order valence-electron chi connectivity index (χ0n) is 12.3. The summed E-state index contributed by atoms with van der Waals surface area (Å²) in [6.45, 7) is 1.47. The highest BCUT2D eigenvalue weighted by Gasteiger charge is 2.13. The molecule has 0 unspecified atom stereocenters. The van der Waals surface area contributed by atoms with Gasteiger partial charge in [0.25, 0.3) is 11.5 Å². The number of nitrogens with one attached hydrogen (secondary N) is 2. The molecule has 0 saturated carbocycles. The van der Waals surface area contributed by atoms with Crippen molar-refractivity contribution in [3.05, 3.63) is 55.3 Å². The number of hydrogen-bond acceptors (Lipinski definition) is 6. The maximum atomic E-state index is 12.0. The molecule has 0 bridgehead atoms. The molecule has 0 radical (unpaired) electrons. The van der Waals surface area contributed by atoms with Crippen LogP contribution in [-0.4, -0.2) is 27.3 Å². The van der Waals surface area contributed by atoms with E-state index in [-0.39, 0.29) is 28.0 Å². The molecule has 24 heavy (non-hydrogen) atoms. The smallest absolute Gasteiger partial charge is 0.275 e. The minimum absolute atomic E-state index is 0.00153. The highest BCUT2D eigenvalue weighted by atomic mass is 79.9. The van der Waals surface area contributed by atoms with E-state index in [0.29, 0.717) is 4.47 Å². The number of pyridine rings is 1. The predicted octanol–water partition coefficient (Wildman–Crippen LogP) is 1.49. The molecule has 1 amide bonds. The molecule has 0 saturated heterocycles. The van der Waals surface area contributed by atoms with E-state index in [1.54, 1.807) is 12.1 Å². The van der Waals surface area contributed by atoms with E-state index in [4.69, 9.17) is 5.26 Å². The zero-order chi connectivity index (χ0) is 17.9. The van der Waals surface area contributed by atoms with Crippen molar-refractivity contribution in [1.29, 1.82) is 5.26 Å². The van der Waals surface area contributed by atoms with E-state index in [1.807, 2.05) is 0 Å². The fraction of sp³-hybridized carbons (Fsp3) is 0.0667. The van der Waals surface area contributed by atoms with Crippen LogP contribution in [0.2, 0.25) is 0 Å². The SMILES string of the molecule is Cc1c(/C=N/NC(=O)c2cc(Br)ccc2O)c(O)[nH]c(=O)c1C#N. The molecule has 8 nitrogen and oxygen atoms in total. The normalized spacial score (nSPS) is 10.5.